The van der Waals surface area contributed by atoms with Crippen LogP contribution < -0.4 is 11.3 Å². The van der Waals surface area contributed by atoms with Gasteiger partial charge in [0, 0.05) is 11.9 Å². The van der Waals surface area contributed by atoms with Crippen molar-refractivity contribution in [1.29, 1.82) is 0 Å². The molecule has 0 radical (unpaired) electrons. The highest BCUT2D eigenvalue weighted by Gasteiger charge is 2.13. The van der Waals surface area contributed by atoms with Crippen molar-refractivity contribution in [2.45, 2.75) is 19.9 Å². The Morgan fingerprint density at radius 1 is 1.17 bits per heavy atom. The van der Waals surface area contributed by atoms with Gasteiger partial charge in [-0.05, 0) is 54.8 Å². The number of rotatable bonds is 3. The molecule has 2 aromatic rings. The molecule has 0 aliphatic carbocycles. The Bertz CT molecular complexity index is 534. The number of hydrazine groups is 1. The van der Waals surface area contributed by atoms with Gasteiger partial charge in [0.15, 0.2) is 0 Å². The van der Waals surface area contributed by atoms with E-state index >= 15 is 0 Å². The topological polar surface area (TPSA) is 50.9 Å². The highest BCUT2D eigenvalue weighted by Crippen LogP contribution is 2.23. The third kappa shape index (κ3) is 2.72. The molecule has 0 saturated heterocycles. The number of aromatic nitrogens is 1. The molecule has 94 valence electrons. The summed E-state index contributed by atoms with van der Waals surface area (Å²) in [6.07, 6.45) is 1.72. The second kappa shape index (κ2) is 5.25. The summed E-state index contributed by atoms with van der Waals surface area (Å²) >= 11 is 0. The molecule has 1 aromatic carbocycles. The fourth-order valence-corrected chi connectivity index (χ4v) is 2.06. The van der Waals surface area contributed by atoms with Gasteiger partial charge in [-0.1, -0.05) is 6.07 Å². The van der Waals surface area contributed by atoms with Gasteiger partial charge in [-0.2, -0.15) is 0 Å². The lowest BCUT2D eigenvalue weighted by molar-refractivity contribution is 0.603. The first-order valence-corrected chi connectivity index (χ1v) is 5.76. The molecule has 18 heavy (non-hydrogen) atoms. The molecule has 3 nitrogen and oxygen atoms in total. The van der Waals surface area contributed by atoms with Crippen molar-refractivity contribution >= 4 is 0 Å². The Hall–Kier alpha value is -1.78. The Balaban J connectivity index is 2.45. The maximum Gasteiger partial charge on any atom is 0.123 e. The number of halogens is 1. The van der Waals surface area contributed by atoms with Crippen LogP contribution in [0.4, 0.5) is 4.39 Å². The summed E-state index contributed by atoms with van der Waals surface area (Å²) in [6.45, 7) is 3.77. The van der Waals surface area contributed by atoms with Crippen LogP contribution in [0.5, 0.6) is 0 Å². The first-order valence-electron chi connectivity index (χ1n) is 5.76. The summed E-state index contributed by atoms with van der Waals surface area (Å²) in [7, 11) is 0. The molecule has 0 fully saturated rings. The highest BCUT2D eigenvalue weighted by molar-refractivity contribution is 5.34. The molecular weight excluding hydrogens is 229 g/mol. The van der Waals surface area contributed by atoms with Crippen molar-refractivity contribution in [2.24, 2.45) is 5.84 Å². The second-order valence-corrected chi connectivity index (χ2v) is 4.39. The van der Waals surface area contributed by atoms with Crippen molar-refractivity contribution < 1.29 is 4.39 Å². The number of nitrogens with zero attached hydrogens (tertiary/aromatic N) is 1. The standard InChI is InChI=1S/C14H16FN3/c1-9-5-12(8-13(15)6-9)14(18-16)11-3-4-17-10(2)7-11/h3-8,14,18H,16H2,1-2H3. The van der Waals surface area contributed by atoms with E-state index in [2.05, 4.69) is 10.4 Å². The molecule has 0 bridgehead atoms. The monoisotopic (exact) mass is 245 g/mol. The minimum atomic E-state index is -0.254. The molecular formula is C14H16FN3. The number of aryl methyl sites for hydroxylation is 2. The van der Waals surface area contributed by atoms with Gasteiger partial charge < -0.3 is 0 Å². The van der Waals surface area contributed by atoms with Crippen LogP contribution in [-0.2, 0) is 0 Å². The SMILES string of the molecule is Cc1cc(F)cc(C(NN)c2ccnc(C)c2)c1. The molecule has 0 amide bonds. The van der Waals surface area contributed by atoms with Gasteiger partial charge in [-0.25, -0.2) is 9.82 Å². The van der Waals surface area contributed by atoms with Crippen LogP contribution in [0.15, 0.2) is 36.5 Å². The molecule has 3 N–H and O–H groups in total. The lowest BCUT2D eigenvalue weighted by atomic mass is 9.98. The van der Waals surface area contributed by atoms with Crippen LogP contribution in [-0.4, -0.2) is 4.98 Å². The Morgan fingerprint density at radius 3 is 2.56 bits per heavy atom. The highest BCUT2D eigenvalue weighted by atomic mass is 19.1. The Labute approximate surface area is 106 Å². The number of nitrogens with two attached hydrogens (primary N) is 1. The van der Waals surface area contributed by atoms with E-state index < -0.39 is 0 Å². The van der Waals surface area contributed by atoms with Gasteiger partial charge in [0.2, 0.25) is 0 Å². The maximum atomic E-state index is 13.4. The zero-order chi connectivity index (χ0) is 13.1. The lowest BCUT2D eigenvalue weighted by Crippen LogP contribution is -2.29. The quantitative estimate of drug-likeness (QED) is 0.645. The van der Waals surface area contributed by atoms with Crippen LogP contribution in [0.3, 0.4) is 0 Å². The third-order valence-electron chi connectivity index (χ3n) is 2.82. The van der Waals surface area contributed by atoms with Crippen molar-refractivity contribution in [3.05, 3.63) is 64.7 Å². The number of nitrogens with one attached hydrogen (secondary N) is 1. The zero-order valence-corrected chi connectivity index (χ0v) is 10.4. The maximum absolute atomic E-state index is 13.4. The van der Waals surface area contributed by atoms with Crippen LogP contribution >= 0.6 is 0 Å². The summed E-state index contributed by atoms with van der Waals surface area (Å²) in [5, 5.41) is 0. The van der Waals surface area contributed by atoms with Gasteiger partial charge in [0.05, 0.1) is 6.04 Å². The van der Waals surface area contributed by atoms with Crippen molar-refractivity contribution in [2.75, 3.05) is 0 Å². The van der Waals surface area contributed by atoms with Gasteiger partial charge in [0.25, 0.3) is 0 Å². The van der Waals surface area contributed by atoms with E-state index in [1.54, 1.807) is 6.20 Å². The van der Waals surface area contributed by atoms with E-state index in [4.69, 9.17) is 5.84 Å². The number of hydrogen-bond donors (Lipinski definition) is 2. The molecule has 0 saturated carbocycles. The largest absolute Gasteiger partial charge is 0.271 e. The molecule has 1 heterocycles. The predicted octanol–water partition coefficient (Wildman–Crippen LogP) is 2.39. The van der Waals surface area contributed by atoms with Crippen LogP contribution in [0.25, 0.3) is 0 Å². The minimum absolute atomic E-state index is 0.235. The van der Waals surface area contributed by atoms with Gasteiger partial charge in [-0.15, -0.1) is 0 Å². The fraction of sp³-hybridized carbons (Fsp3) is 0.214. The second-order valence-electron chi connectivity index (χ2n) is 4.39. The number of benzene rings is 1. The van der Waals surface area contributed by atoms with E-state index in [9.17, 15) is 4.39 Å². The van der Waals surface area contributed by atoms with Crippen molar-refractivity contribution in [3.63, 3.8) is 0 Å². The molecule has 1 unspecified atom stereocenters. The fourth-order valence-electron chi connectivity index (χ4n) is 2.06. The molecule has 0 aliphatic rings. The smallest absolute Gasteiger partial charge is 0.123 e. The molecule has 4 heteroatoms. The third-order valence-corrected chi connectivity index (χ3v) is 2.82. The Morgan fingerprint density at radius 2 is 1.94 bits per heavy atom. The summed E-state index contributed by atoms with van der Waals surface area (Å²) in [5.74, 6) is 5.34. The average molecular weight is 245 g/mol. The van der Waals surface area contributed by atoms with E-state index in [1.807, 2.05) is 32.0 Å². The van der Waals surface area contributed by atoms with E-state index in [0.717, 1.165) is 22.4 Å². The van der Waals surface area contributed by atoms with Gasteiger partial charge >= 0.3 is 0 Å². The van der Waals surface area contributed by atoms with Gasteiger partial charge in [-0.3, -0.25) is 10.8 Å². The van der Waals surface area contributed by atoms with E-state index in [-0.39, 0.29) is 11.9 Å². The predicted molar refractivity (Wildman–Crippen MR) is 69.3 cm³/mol. The van der Waals surface area contributed by atoms with Crippen LogP contribution in [0.1, 0.15) is 28.4 Å². The summed E-state index contributed by atoms with van der Waals surface area (Å²) < 4.78 is 13.4. The molecule has 0 spiro atoms. The van der Waals surface area contributed by atoms with Crippen LogP contribution in [0.2, 0.25) is 0 Å². The molecule has 0 aliphatic heterocycles. The first-order chi connectivity index (χ1) is 8.60. The molecule has 2 rings (SSSR count). The molecule has 1 atom stereocenters. The van der Waals surface area contributed by atoms with E-state index in [0.29, 0.717) is 0 Å². The number of hydrogen-bond acceptors (Lipinski definition) is 3. The van der Waals surface area contributed by atoms with E-state index in [1.165, 1.54) is 12.1 Å². The Kier molecular flexibility index (Phi) is 3.69. The van der Waals surface area contributed by atoms with Gasteiger partial charge in [0.1, 0.15) is 5.82 Å². The first kappa shape index (κ1) is 12.7. The summed E-state index contributed by atoms with van der Waals surface area (Å²) in [6, 6.07) is 8.48. The lowest BCUT2D eigenvalue weighted by Gasteiger charge is -2.17. The average Bonchev–Trinajstić information content (AvgIpc) is 2.28. The normalized spacial score (nSPS) is 12.4. The number of pyridine rings is 1. The van der Waals surface area contributed by atoms with Crippen molar-refractivity contribution in [1.82, 2.24) is 10.4 Å². The summed E-state index contributed by atoms with van der Waals surface area (Å²) in [5.41, 5.74) is 6.27. The van der Waals surface area contributed by atoms with Crippen LogP contribution in [0, 0.1) is 19.7 Å². The summed E-state index contributed by atoms with van der Waals surface area (Å²) in [4.78, 5) is 4.14. The zero-order valence-electron chi connectivity index (χ0n) is 10.4. The van der Waals surface area contributed by atoms with Crippen molar-refractivity contribution in [3.8, 4) is 0 Å². The minimum Gasteiger partial charge on any atom is -0.271 e. The molecule has 1 aromatic heterocycles.